The summed E-state index contributed by atoms with van der Waals surface area (Å²) < 4.78 is 37.5. The lowest BCUT2D eigenvalue weighted by atomic mass is 10.2. The van der Waals surface area contributed by atoms with Crippen LogP contribution in [0.15, 0.2) is 16.6 Å². The van der Waals surface area contributed by atoms with Crippen molar-refractivity contribution in [2.45, 2.75) is 6.61 Å². The molecule has 0 aromatic heterocycles. The lowest BCUT2D eigenvalue weighted by Crippen LogP contribution is -2.02. The Labute approximate surface area is 102 Å². The quantitative estimate of drug-likeness (QED) is 0.795. The van der Waals surface area contributed by atoms with Gasteiger partial charge in [0.1, 0.15) is 0 Å². The summed E-state index contributed by atoms with van der Waals surface area (Å²) in [6, 6.07) is 3.43. The highest BCUT2D eigenvalue weighted by molar-refractivity contribution is 9.10. The fourth-order valence-corrected chi connectivity index (χ4v) is 2.23. The Hall–Kier alpha value is -0.790. The molecule has 1 aromatic carbocycles. The van der Waals surface area contributed by atoms with Gasteiger partial charge in [0.15, 0.2) is 11.5 Å². The SMILES string of the molecule is CS(=O)(=O)OCc1cc(Br)c2c(c1)OCO2. The Morgan fingerprint density at radius 1 is 1.44 bits per heavy atom. The van der Waals surface area contributed by atoms with E-state index < -0.39 is 10.1 Å². The van der Waals surface area contributed by atoms with Crippen LogP contribution in [0.5, 0.6) is 11.5 Å². The van der Waals surface area contributed by atoms with E-state index in [1.54, 1.807) is 12.1 Å². The molecule has 0 unspecified atom stereocenters. The van der Waals surface area contributed by atoms with Crippen LogP contribution < -0.4 is 9.47 Å². The minimum Gasteiger partial charge on any atom is -0.454 e. The zero-order valence-corrected chi connectivity index (χ0v) is 10.8. The average Bonchev–Trinajstić information content (AvgIpc) is 2.62. The fourth-order valence-electron chi connectivity index (χ4n) is 1.28. The molecule has 1 aliphatic heterocycles. The zero-order chi connectivity index (χ0) is 11.8. The van der Waals surface area contributed by atoms with E-state index >= 15 is 0 Å². The van der Waals surface area contributed by atoms with Crippen molar-refractivity contribution in [2.24, 2.45) is 0 Å². The molecule has 0 N–H and O–H groups in total. The summed E-state index contributed by atoms with van der Waals surface area (Å²) in [4.78, 5) is 0. The van der Waals surface area contributed by atoms with Gasteiger partial charge in [-0.05, 0) is 33.6 Å². The van der Waals surface area contributed by atoms with E-state index in [0.29, 0.717) is 17.1 Å². The number of halogens is 1. The summed E-state index contributed by atoms with van der Waals surface area (Å²) in [7, 11) is -3.44. The minimum atomic E-state index is -3.44. The molecule has 0 saturated heterocycles. The first kappa shape index (κ1) is 11.7. The normalized spacial score (nSPS) is 14.1. The zero-order valence-electron chi connectivity index (χ0n) is 8.40. The maximum Gasteiger partial charge on any atom is 0.264 e. The van der Waals surface area contributed by atoms with Gasteiger partial charge in [-0.3, -0.25) is 4.18 Å². The van der Waals surface area contributed by atoms with Gasteiger partial charge < -0.3 is 9.47 Å². The van der Waals surface area contributed by atoms with E-state index in [4.69, 9.17) is 9.47 Å². The van der Waals surface area contributed by atoms with Crippen LogP contribution in [0.3, 0.4) is 0 Å². The van der Waals surface area contributed by atoms with Crippen molar-refractivity contribution in [2.75, 3.05) is 13.0 Å². The summed E-state index contributed by atoms with van der Waals surface area (Å²) in [5.74, 6) is 1.21. The van der Waals surface area contributed by atoms with Gasteiger partial charge in [0.05, 0.1) is 17.3 Å². The van der Waals surface area contributed by atoms with Crippen molar-refractivity contribution < 1.29 is 22.1 Å². The number of hydrogen-bond acceptors (Lipinski definition) is 5. The van der Waals surface area contributed by atoms with Gasteiger partial charge in [-0.15, -0.1) is 0 Å². The van der Waals surface area contributed by atoms with Gasteiger partial charge in [-0.25, -0.2) is 0 Å². The number of hydrogen-bond donors (Lipinski definition) is 0. The number of fused-ring (bicyclic) bond motifs is 1. The molecule has 88 valence electrons. The molecule has 2 rings (SSSR count). The predicted molar refractivity (Wildman–Crippen MR) is 59.9 cm³/mol. The van der Waals surface area contributed by atoms with Crippen LogP contribution in [-0.4, -0.2) is 21.5 Å². The molecule has 0 aliphatic carbocycles. The molecule has 1 heterocycles. The van der Waals surface area contributed by atoms with Crippen molar-refractivity contribution in [1.82, 2.24) is 0 Å². The molecule has 0 bridgehead atoms. The Balaban J connectivity index is 2.21. The van der Waals surface area contributed by atoms with Crippen LogP contribution >= 0.6 is 15.9 Å². The van der Waals surface area contributed by atoms with Crippen LogP contribution in [0.1, 0.15) is 5.56 Å². The third-order valence-corrected chi connectivity index (χ3v) is 3.06. The molecule has 7 heteroatoms. The summed E-state index contributed by atoms with van der Waals surface area (Å²) >= 11 is 3.31. The van der Waals surface area contributed by atoms with Crippen molar-refractivity contribution in [3.05, 3.63) is 22.2 Å². The van der Waals surface area contributed by atoms with Crippen molar-refractivity contribution >= 4 is 26.0 Å². The number of rotatable bonds is 3. The van der Waals surface area contributed by atoms with E-state index in [1.807, 2.05) is 0 Å². The highest BCUT2D eigenvalue weighted by Crippen LogP contribution is 2.40. The monoisotopic (exact) mass is 308 g/mol. The number of benzene rings is 1. The minimum absolute atomic E-state index is 0.0198. The Kier molecular flexibility index (Phi) is 3.09. The summed E-state index contributed by atoms with van der Waals surface area (Å²) in [5.41, 5.74) is 0.696. The van der Waals surface area contributed by atoms with Crippen molar-refractivity contribution in [1.29, 1.82) is 0 Å². The topological polar surface area (TPSA) is 61.8 Å². The van der Waals surface area contributed by atoms with Gasteiger partial charge in [0.25, 0.3) is 10.1 Å². The third-order valence-electron chi connectivity index (χ3n) is 1.93. The molecular formula is C9H9BrO5S. The van der Waals surface area contributed by atoms with Crippen molar-refractivity contribution in [3.8, 4) is 11.5 Å². The molecule has 0 radical (unpaired) electrons. The van der Waals surface area contributed by atoms with Crippen LogP contribution in [0.2, 0.25) is 0 Å². The average molecular weight is 309 g/mol. The summed E-state index contributed by atoms with van der Waals surface area (Å²) in [6.45, 7) is 0.151. The molecule has 0 atom stereocenters. The van der Waals surface area contributed by atoms with Crippen LogP contribution in [0.4, 0.5) is 0 Å². The van der Waals surface area contributed by atoms with Gasteiger partial charge in [-0.2, -0.15) is 8.42 Å². The highest BCUT2D eigenvalue weighted by atomic mass is 79.9. The van der Waals surface area contributed by atoms with E-state index in [9.17, 15) is 8.42 Å². The third kappa shape index (κ3) is 2.66. The lowest BCUT2D eigenvalue weighted by Gasteiger charge is -2.05. The van der Waals surface area contributed by atoms with Gasteiger partial charge in [0, 0.05) is 0 Å². The van der Waals surface area contributed by atoms with E-state index in [0.717, 1.165) is 10.7 Å². The smallest absolute Gasteiger partial charge is 0.264 e. The van der Waals surface area contributed by atoms with E-state index in [2.05, 4.69) is 20.1 Å². The maximum absolute atomic E-state index is 10.8. The number of ether oxygens (including phenoxy) is 2. The van der Waals surface area contributed by atoms with Crippen LogP contribution in [0.25, 0.3) is 0 Å². The molecule has 0 fully saturated rings. The van der Waals surface area contributed by atoms with Crippen LogP contribution in [0, 0.1) is 0 Å². The van der Waals surface area contributed by atoms with Crippen LogP contribution in [-0.2, 0) is 20.9 Å². The first-order valence-electron chi connectivity index (χ1n) is 4.38. The van der Waals surface area contributed by atoms with E-state index in [-0.39, 0.29) is 13.4 Å². The molecule has 0 spiro atoms. The second-order valence-electron chi connectivity index (χ2n) is 3.28. The molecule has 1 aliphatic rings. The Bertz CT molecular complexity index is 511. The van der Waals surface area contributed by atoms with Gasteiger partial charge in [-0.1, -0.05) is 0 Å². The molecule has 1 aromatic rings. The second-order valence-corrected chi connectivity index (χ2v) is 5.78. The van der Waals surface area contributed by atoms with Gasteiger partial charge >= 0.3 is 0 Å². The summed E-state index contributed by atoms with van der Waals surface area (Å²) in [6.07, 6.45) is 1.01. The fraction of sp³-hybridized carbons (Fsp3) is 0.333. The summed E-state index contributed by atoms with van der Waals surface area (Å²) in [5, 5.41) is 0. The standard InChI is InChI=1S/C9H9BrO5S/c1-16(11,12)15-4-6-2-7(10)9-8(3-6)13-5-14-9/h2-3H,4-5H2,1H3. The Morgan fingerprint density at radius 2 is 2.19 bits per heavy atom. The van der Waals surface area contributed by atoms with Crippen molar-refractivity contribution in [3.63, 3.8) is 0 Å². The van der Waals surface area contributed by atoms with Gasteiger partial charge in [0.2, 0.25) is 6.79 Å². The molecule has 0 saturated carbocycles. The molecule has 5 nitrogen and oxygen atoms in total. The Morgan fingerprint density at radius 3 is 2.88 bits per heavy atom. The predicted octanol–water partition coefficient (Wildman–Crippen LogP) is 1.65. The largest absolute Gasteiger partial charge is 0.454 e. The molecule has 0 amide bonds. The highest BCUT2D eigenvalue weighted by Gasteiger charge is 2.18. The maximum atomic E-state index is 10.8. The first-order valence-corrected chi connectivity index (χ1v) is 6.99. The lowest BCUT2D eigenvalue weighted by molar-refractivity contribution is 0.173. The molecule has 16 heavy (non-hydrogen) atoms. The van der Waals surface area contributed by atoms with E-state index in [1.165, 1.54) is 0 Å². The second kappa shape index (κ2) is 4.23. The molecular weight excluding hydrogens is 300 g/mol. The first-order chi connectivity index (χ1) is 7.46.